The summed E-state index contributed by atoms with van der Waals surface area (Å²) in [4.78, 5) is 14.0. The molecule has 2 atom stereocenters. The molecule has 2 unspecified atom stereocenters. The van der Waals surface area contributed by atoms with Crippen LogP contribution >= 0.6 is 0 Å². The Morgan fingerprint density at radius 1 is 1.56 bits per heavy atom. The number of likely N-dealkylation sites (tertiary alicyclic amines) is 1. The summed E-state index contributed by atoms with van der Waals surface area (Å²) in [6.45, 7) is 7.16. The number of nitrogens with two attached hydrogens (primary N) is 1. The lowest BCUT2D eigenvalue weighted by Gasteiger charge is -2.16. The van der Waals surface area contributed by atoms with Crippen LogP contribution in [-0.4, -0.2) is 43.5 Å². The molecular weight excluding hydrogens is 202 g/mol. The van der Waals surface area contributed by atoms with Crippen molar-refractivity contribution in [2.45, 2.75) is 32.7 Å². The van der Waals surface area contributed by atoms with Gasteiger partial charge in [0.15, 0.2) is 0 Å². The van der Waals surface area contributed by atoms with Gasteiger partial charge in [-0.2, -0.15) is 0 Å². The molecule has 0 saturated carbocycles. The Labute approximate surface area is 98.6 Å². The predicted octanol–water partition coefficient (Wildman–Crippen LogP) is 0.428. The summed E-state index contributed by atoms with van der Waals surface area (Å²) < 4.78 is 0. The highest BCUT2D eigenvalue weighted by Crippen LogP contribution is 2.13. The van der Waals surface area contributed by atoms with Crippen molar-refractivity contribution in [1.29, 1.82) is 0 Å². The molecule has 0 aromatic rings. The minimum absolute atomic E-state index is 0.00301. The number of carbonyl (C=O) groups excluding carboxylic acids is 1. The molecule has 16 heavy (non-hydrogen) atoms. The van der Waals surface area contributed by atoms with E-state index in [0.717, 1.165) is 26.1 Å². The van der Waals surface area contributed by atoms with E-state index < -0.39 is 0 Å². The molecule has 1 fully saturated rings. The van der Waals surface area contributed by atoms with Crippen molar-refractivity contribution in [2.75, 3.05) is 26.7 Å². The Hall–Kier alpha value is -0.610. The molecule has 0 bridgehead atoms. The molecule has 94 valence electrons. The lowest BCUT2D eigenvalue weighted by atomic mass is 10.0. The number of nitrogens with one attached hydrogen (secondary N) is 1. The van der Waals surface area contributed by atoms with Crippen LogP contribution in [0, 0.1) is 11.8 Å². The Morgan fingerprint density at radius 3 is 2.75 bits per heavy atom. The summed E-state index contributed by atoms with van der Waals surface area (Å²) in [5.74, 6) is 1.07. The molecule has 0 aromatic carbocycles. The van der Waals surface area contributed by atoms with Gasteiger partial charge in [-0.15, -0.1) is 0 Å². The van der Waals surface area contributed by atoms with Crippen LogP contribution in [-0.2, 0) is 4.79 Å². The van der Waals surface area contributed by atoms with Gasteiger partial charge < -0.3 is 16.0 Å². The zero-order valence-electron chi connectivity index (χ0n) is 10.7. The molecule has 0 aliphatic carbocycles. The van der Waals surface area contributed by atoms with Crippen molar-refractivity contribution < 1.29 is 4.79 Å². The molecule has 4 nitrogen and oxygen atoms in total. The van der Waals surface area contributed by atoms with E-state index >= 15 is 0 Å². The molecule has 0 aromatic heterocycles. The van der Waals surface area contributed by atoms with Gasteiger partial charge in [-0.25, -0.2) is 0 Å². The molecule has 1 heterocycles. The molecule has 1 aliphatic rings. The van der Waals surface area contributed by atoms with Gasteiger partial charge in [-0.05, 0) is 38.3 Å². The highest BCUT2D eigenvalue weighted by atomic mass is 16.2. The van der Waals surface area contributed by atoms with Crippen LogP contribution in [0.15, 0.2) is 0 Å². The Morgan fingerprint density at radius 2 is 2.25 bits per heavy atom. The van der Waals surface area contributed by atoms with Crippen molar-refractivity contribution in [3.05, 3.63) is 0 Å². The fraction of sp³-hybridized carbons (Fsp3) is 0.917. The molecule has 4 heteroatoms. The summed E-state index contributed by atoms with van der Waals surface area (Å²) >= 11 is 0. The van der Waals surface area contributed by atoms with Crippen LogP contribution in [0.5, 0.6) is 0 Å². The van der Waals surface area contributed by atoms with Crippen molar-refractivity contribution in [3.8, 4) is 0 Å². The number of nitrogens with zero attached hydrogens (tertiary/aromatic N) is 1. The van der Waals surface area contributed by atoms with Gasteiger partial charge in [0.2, 0.25) is 5.91 Å². The van der Waals surface area contributed by atoms with Crippen molar-refractivity contribution in [2.24, 2.45) is 17.6 Å². The van der Waals surface area contributed by atoms with E-state index in [4.69, 9.17) is 5.73 Å². The van der Waals surface area contributed by atoms with Crippen molar-refractivity contribution in [1.82, 2.24) is 10.2 Å². The monoisotopic (exact) mass is 227 g/mol. The standard InChI is InChI=1S/C12H25N3O/c1-9(2)6-11(13)12(16)14-7-10-4-5-15(3)8-10/h9-11H,4-8,13H2,1-3H3,(H,14,16). The third-order valence-electron chi connectivity index (χ3n) is 3.12. The molecule has 1 saturated heterocycles. The summed E-state index contributed by atoms with van der Waals surface area (Å²) in [6.07, 6.45) is 1.94. The van der Waals surface area contributed by atoms with Gasteiger partial charge in [0, 0.05) is 13.1 Å². The normalized spacial score (nSPS) is 23.7. The number of hydrogen-bond acceptors (Lipinski definition) is 3. The Balaban J connectivity index is 2.19. The predicted molar refractivity (Wildman–Crippen MR) is 66.0 cm³/mol. The fourth-order valence-electron chi connectivity index (χ4n) is 2.18. The van der Waals surface area contributed by atoms with Gasteiger partial charge in [0.05, 0.1) is 6.04 Å². The average molecular weight is 227 g/mol. The molecule has 1 amide bonds. The SMILES string of the molecule is CC(C)CC(N)C(=O)NCC1CCN(C)C1. The van der Waals surface area contributed by atoms with Gasteiger partial charge in [-0.3, -0.25) is 4.79 Å². The first kappa shape index (κ1) is 13.5. The largest absolute Gasteiger partial charge is 0.354 e. The molecule has 1 aliphatic heterocycles. The number of rotatable bonds is 5. The summed E-state index contributed by atoms with van der Waals surface area (Å²) in [6, 6.07) is -0.348. The number of carbonyl (C=O) groups is 1. The maximum absolute atomic E-state index is 11.7. The quantitative estimate of drug-likeness (QED) is 0.716. The highest BCUT2D eigenvalue weighted by molar-refractivity contribution is 5.81. The lowest BCUT2D eigenvalue weighted by molar-refractivity contribution is -0.122. The molecule has 0 spiro atoms. The van der Waals surface area contributed by atoms with E-state index in [2.05, 4.69) is 31.1 Å². The van der Waals surface area contributed by atoms with Crippen LogP contribution in [0.2, 0.25) is 0 Å². The first-order valence-electron chi connectivity index (χ1n) is 6.21. The molecule has 0 radical (unpaired) electrons. The minimum Gasteiger partial charge on any atom is -0.354 e. The summed E-state index contributed by atoms with van der Waals surface area (Å²) in [7, 11) is 2.12. The van der Waals surface area contributed by atoms with Gasteiger partial charge in [-0.1, -0.05) is 13.8 Å². The van der Waals surface area contributed by atoms with Crippen LogP contribution in [0.3, 0.4) is 0 Å². The summed E-state index contributed by atoms with van der Waals surface area (Å²) in [5.41, 5.74) is 5.81. The molecule has 3 N–H and O–H groups in total. The molecule has 1 rings (SSSR count). The van der Waals surface area contributed by atoms with E-state index in [1.165, 1.54) is 6.42 Å². The maximum Gasteiger partial charge on any atom is 0.236 e. The van der Waals surface area contributed by atoms with E-state index in [-0.39, 0.29) is 11.9 Å². The zero-order chi connectivity index (χ0) is 12.1. The minimum atomic E-state index is -0.348. The van der Waals surface area contributed by atoms with E-state index in [0.29, 0.717) is 11.8 Å². The van der Waals surface area contributed by atoms with Gasteiger partial charge >= 0.3 is 0 Å². The van der Waals surface area contributed by atoms with E-state index in [9.17, 15) is 4.79 Å². The van der Waals surface area contributed by atoms with Crippen LogP contribution in [0.25, 0.3) is 0 Å². The van der Waals surface area contributed by atoms with Gasteiger partial charge in [0.25, 0.3) is 0 Å². The topological polar surface area (TPSA) is 58.4 Å². The maximum atomic E-state index is 11.7. The van der Waals surface area contributed by atoms with Crippen molar-refractivity contribution in [3.63, 3.8) is 0 Å². The Kier molecular flexibility index (Phi) is 5.22. The van der Waals surface area contributed by atoms with E-state index in [1.807, 2.05) is 0 Å². The number of amides is 1. The first-order chi connectivity index (χ1) is 7.49. The first-order valence-corrected chi connectivity index (χ1v) is 6.21. The molecular formula is C12H25N3O. The second-order valence-corrected chi connectivity index (χ2v) is 5.40. The smallest absolute Gasteiger partial charge is 0.236 e. The van der Waals surface area contributed by atoms with Crippen LogP contribution in [0.1, 0.15) is 26.7 Å². The summed E-state index contributed by atoms with van der Waals surface area (Å²) in [5, 5.41) is 2.96. The zero-order valence-corrected chi connectivity index (χ0v) is 10.7. The Bertz CT molecular complexity index is 230. The second kappa shape index (κ2) is 6.21. The number of hydrogen-bond donors (Lipinski definition) is 2. The third kappa shape index (κ3) is 4.49. The lowest BCUT2D eigenvalue weighted by Crippen LogP contribution is -2.43. The highest BCUT2D eigenvalue weighted by Gasteiger charge is 2.21. The van der Waals surface area contributed by atoms with Gasteiger partial charge in [0.1, 0.15) is 0 Å². The van der Waals surface area contributed by atoms with E-state index in [1.54, 1.807) is 0 Å². The third-order valence-corrected chi connectivity index (χ3v) is 3.12. The average Bonchev–Trinajstić information content (AvgIpc) is 2.59. The van der Waals surface area contributed by atoms with Crippen LogP contribution in [0.4, 0.5) is 0 Å². The fourth-order valence-corrected chi connectivity index (χ4v) is 2.18. The van der Waals surface area contributed by atoms with Crippen LogP contribution < -0.4 is 11.1 Å². The second-order valence-electron chi connectivity index (χ2n) is 5.40. The van der Waals surface area contributed by atoms with Crippen molar-refractivity contribution >= 4 is 5.91 Å².